The quantitative estimate of drug-likeness (QED) is 0.343. The third-order valence-corrected chi connectivity index (χ3v) is 4.00. The number of rotatable bonds is 4. The summed E-state index contributed by atoms with van der Waals surface area (Å²) in [5, 5.41) is 41.5. The van der Waals surface area contributed by atoms with Gasteiger partial charge in [-0.2, -0.15) is 0 Å². The number of pyridine rings is 2. The zero-order valence-corrected chi connectivity index (χ0v) is 13.9. The smallest absolute Gasteiger partial charge is 0.229 e. The lowest BCUT2D eigenvalue weighted by Crippen LogP contribution is -2.58. The molecule has 0 unspecified atom stereocenters. The lowest BCUT2D eigenvalue weighted by Gasteiger charge is -2.38. The highest BCUT2D eigenvalue weighted by Gasteiger charge is 2.43. The van der Waals surface area contributed by atoms with Crippen molar-refractivity contribution in [2.75, 3.05) is 0 Å². The van der Waals surface area contributed by atoms with Gasteiger partial charge < -0.3 is 30.0 Å². The van der Waals surface area contributed by atoms with Crippen molar-refractivity contribution in [3.63, 3.8) is 0 Å². The molecule has 0 amide bonds. The summed E-state index contributed by atoms with van der Waals surface area (Å²) in [6, 6.07) is 8.37. The van der Waals surface area contributed by atoms with E-state index in [9.17, 15) is 15.3 Å². The minimum atomic E-state index is -1.44. The molecule has 1 aliphatic rings. The number of aliphatic hydroxyl groups is 3. The SMILES string of the molecule is C[C@H]1O[C@H](Oc2cc(/C=N/O)nc(-c3ccccn3)c2)[C@H](O)[C@@H](O)[C@@H]1O. The predicted octanol–water partition coefficient (Wildman–Crippen LogP) is 0.158. The van der Waals surface area contributed by atoms with Crippen molar-refractivity contribution in [1.82, 2.24) is 9.97 Å². The van der Waals surface area contributed by atoms with Gasteiger partial charge in [-0.25, -0.2) is 4.98 Å². The van der Waals surface area contributed by atoms with E-state index in [1.807, 2.05) is 0 Å². The Labute approximate surface area is 149 Å². The summed E-state index contributed by atoms with van der Waals surface area (Å²) in [6.07, 6.45) is -3.25. The largest absolute Gasteiger partial charge is 0.462 e. The Balaban J connectivity index is 1.91. The first kappa shape index (κ1) is 18.2. The van der Waals surface area contributed by atoms with Gasteiger partial charge in [-0.15, -0.1) is 0 Å². The Morgan fingerprint density at radius 3 is 2.62 bits per heavy atom. The van der Waals surface area contributed by atoms with Gasteiger partial charge in [0.25, 0.3) is 0 Å². The summed E-state index contributed by atoms with van der Waals surface area (Å²) in [5.74, 6) is 0.260. The first-order chi connectivity index (χ1) is 12.5. The number of hydrogen-bond acceptors (Lipinski definition) is 9. The average Bonchev–Trinajstić information content (AvgIpc) is 2.65. The molecule has 9 heteroatoms. The molecule has 0 saturated carbocycles. The highest BCUT2D eigenvalue weighted by Crippen LogP contribution is 2.27. The van der Waals surface area contributed by atoms with Crippen LogP contribution in [0.5, 0.6) is 5.75 Å². The van der Waals surface area contributed by atoms with Gasteiger partial charge in [0.1, 0.15) is 24.1 Å². The number of aliphatic hydroxyl groups excluding tert-OH is 3. The molecule has 0 aliphatic carbocycles. The van der Waals surface area contributed by atoms with Gasteiger partial charge in [0.05, 0.1) is 29.4 Å². The van der Waals surface area contributed by atoms with Crippen LogP contribution in [0.2, 0.25) is 0 Å². The van der Waals surface area contributed by atoms with Crippen molar-refractivity contribution in [1.29, 1.82) is 0 Å². The zero-order valence-electron chi connectivity index (χ0n) is 13.9. The second-order valence-electron chi connectivity index (χ2n) is 5.87. The van der Waals surface area contributed by atoms with Gasteiger partial charge in [-0.05, 0) is 19.1 Å². The van der Waals surface area contributed by atoms with Crippen molar-refractivity contribution in [2.24, 2.45) is 5.16 Å². The Morgan fingerprint density at radius 2 is 1.92 bits per heavy atom. The third kappa shape index (κ3) is 3.81. The molecular formula is C17H19N3O6. The first-order valence-corrected chi connectivity index (χ1v) is 7.97. The van der Waals surface area contributed by atoms with Gasteiger partial charge in [0.2, 0.25) is 6.29 Å². The van der Waals surface area contributed by atoms with Crippen LogP contribution >= 0.6 is 0 Å². The Hall–Kier alpha value is -2.59. The van der Waals surface area contributed by atoms with Crippen LogP contribution in [0.25, 0.3) is 11.4 Å². The molecule has 3 rings (SSSR count). The van der Waals surface area contributed by atoms with E-state index in [0.717, 1.165) is 6.21 Å². The maximum atomic E-state index is 10.1. The summed E-state index contributed by atoms with van der Waals surface area (Å²) in [6.45, 7) is 1.56. The van der Waals surface area contributed by atoms with E-state index in [-0.39, 0.29) is 5.75 Å². The maximum absolute atomic E-state index is 10.1. The van der Waals surface area contributed by atoms with Gasteiger partial charge in [0.15, 0.2) is 0 Å². The van der Waals surface area contributed by atoms with E-state index in [2.05, 4.69) is 15.1 Å². The van der Waals surface area contributed by atoms with Crippen LogP contribution in [0.4, 0.5) is 0 Å². The summed E-state index contributed by atoms with van der Waals surface area (Å²) in [5.41, 5.74) is 1.32. The number of oxime groups is 1. The summed E-state index contributed by atoms with van der Waals surface area (Å²) in [4.78, 5) is 8.51. The van der Waals surface area contributed by atoms with Gasteiger partial charge in [-0.1, -0.05) is 11.2 Å². The normalized spacial score (nSPS) is 29.0. The molecule has 138 valence electrons. The highest BCUT2D eigenvalue weighted by molar-refractivity contribution is 5.78. The maximum Gasteiger partial charge on any atom is 0.229 e. The van der Waals surface area contributed by atoms with Crippen LogP contribution in [0.1, 0.15) is 12.6 Å². The van der Waals surface area contributed by atoms with E-state index in [1.165, 1.54) is 6.07 Å². The summed E-state index contributed by atoms with van der Waals surface area (Å²) in [7, 11) is 0. The van der Waals surface area contributed by atoms with Crippen molar-refractivity contribution in [2.45, 2.75) is 37.6 Å². The second-order valence-corrected chi connectivity index (χ2v) is 5.87. The Bertz CT molecular complexity index is 772. The van der Waals surface area contributed by atoms with Crippen molar-refractivity contribution >= 4 is 6.21 Å². The molecule has 3 heterocycles. The van der Waals surface area contributed by atoms with Crippen molar-refractivity contribution in [3.8, 4) is 17.1 Å². The minimum absolute atomic E-state index is 0.260. The van der Waals surface area contributed by atoms with Gasteiger partial charge >= 0.3 is 0 Å². The molecule has 9 nitrogen and oxygen atoms in total. The topological polar surface area (TPSA) is 138 Å². The molecule has 1 fully saturated rings. The summed E-state index contributed by atoms with van der Waals surface area (Å²) >= 11 is 0. The molecule has 2 aromatic heterocycles. The fourth-order valence-electron chi connectivity index (χ4n) is 2.61. The van der Waals surface area contributed by atoms with Crippen LogP contribution in [-0.4, -0.2) is 67.4 Å². The molecular weight excluding hydrogens is 342 g/mol. The standard InChI is InChI=1S/C17H19N3O6/c1-9-14(21)15(22)16(23)17(25-9)26-11-6-10(8-19-24)20-13(7-11)12-4-2-3-5-18-12/h2-9,14-17,21-24H,1H3/b19-8+/t9-,14-,15+,16-,17-/m1/s1. The molecule has 0 bridgehead atoms. The molecule has 2 aromatic rings. The molecule has 0 aromatic carbocycles. The van der Waals surface area contributed by atoms with E-state index in [1.54, 1.807) is 37.4 Å². The monoisotopic (exact) mass is 361 g/mol. The van der Waals surface area contributed by atoms with E-state index in [4.69, 9.17) is 14.7 Å². The lowest BCUT2D eigenvalue weighted by molar-refractivity contribution is -0.268. The average molecular weight is 361 g/mol. The number of hydrogen-bond donors (Lipinski definition) is 4. The number of nitrogens with zero attached hydrogens (tertiary/aromatic N) is 3. The fraction of sp³-hybridized carbons (Fsp3) is 0.353. The first-order valence-electron chi connectivity index (χ1n) is 7.97. The Kier molecular flexibility index (Phi) is 5.43. The van der Waals surface area contributed by atoms with E-state index >= 15 is 0 Å². The van der Waals surface area contributed by atoms with Crippen LogP contribution in [-0.2, 0) is 4.74 Å². The number of aromatic nitrogens is 2. The van der Waals surface area contributed by atoms with Crippen molar-refractivity contribution < 1.29 is 30.0 Å². The molecule has 26 heavy (non-hydrogen) atoms. The summed E-state index contributed by atoms with van der Waals surface area (Å²) < 4.78 is 11.1. The van der Waals surface area contributed by atoms with E-state index < -0.39 is 30.7 Å². The Morgan fingerprint density at radius 1 is 1.12 bits per heavy atom. The molecule has 1 saturated heterocycles. The van der Waals surface area contributed by atoms with Gasteiger partial charge in [0, 0.05) is 18.3 Å². The molecule has 1 aliphatic heterocycles. The zero-order chi connectivity index (χ0) is 18.7. The molecule has 0 spiro atoms. The van der Waals surface area contributed by atoms with Crippen LogP contribution in [0, 0.1) is 0 Å². The molecule has 5 atom stereocenters. The highest BCUT2D eigenvalue weighted by atomic mass is 16.7. The molecule has 4 N–H and O–H groups in total. The predicted molar refractivity (Wildman–Crippen MR) is 89.8 cm³/mol. The third-order valence-electron chi connectivity index (χ3n) is 4.00. The van der Waals surface area contributed by atoms with E-state index in [0.29, 0.717) is 17.1 Å². The van der Waals surface area contributed by atoms with Crippen LogP contribution < -0.4 is 4.74 Å². The number of ether oxygens (including phenoxy) is 2. The van der Waals surface area contributed by atoms with Crippen LogP contribution in [0.3, 0.4) is 0 Å². The lowest BCUT2D eigenvalue weighted by atomic mass is 10.00. The minimum Gasteiger partial charge on any atom is -0.462 e. The molecule has 0 radical (unpaired) electrons. The fourth-order valence-corrected chi connectivity index (χ4v) is 2.61. The van der Waals surface area contributed by atoms with Crippen LogP contribution in [0.15, 0.2) is 41.7 Å². The second kappa shape index (κ2) is 7.75. The van der Waals surface area contributed by atoms with Gasteiger partial charge in [-0.3, -0.25) is 4.98 Å². The van der Waals surface area contributed by atoms with Crippen molar-refractivity contribution in [3.05, 3.63) is 42.2 Å².